The predicted molar refractivity (Wildman–Crippen MR) is 103 cm³/mol. The molecule has 3 rings (SSSR count). The zero-order chi connectivity index (χ0) is 19.6. The minimum Gasteiger partial charge on any atom is -0.493 e. The van der Waals surface area contributed by atoms with E-state index in [-0.39, 0.29) is 11.7 Å². The predicted octanol–water partition coefficient (Wildman–Crippen LogP) is 3.96. The third kappa shape index (κ3) is 4.18. The molecule has 5 nitrogen and oxygen atoms in total. The maximum Gasteiger partial charge on any atom is 0.263 e. The van der Waals surface area contributed by atoms with E-state index in [9.17, 15) is 9.18 Å². The van der Waals surface area contributed by atoms with Gasteiger partial charge in [0.2, 0.25) is 0 Å². The number of ether oxygens (including phenoxy) is 3. The van der Waals surface area contributed by atoms with E-state index in [1.807, 2.05) is 12.1 Å². The molecule has 1 unspecified atom stereocenters. The van der Waals surface area contributed by atoms with Crippen molar-refractivity contribution in [3.8, 4) is 17.2 Å². The second kappa shape index (κ2) is 8.17. The van der Waals surface area contributed by atoms with E-state index in [1.54, 1.807) is 26.0 Å². The average molecular weight is 438 g/mol. The Balaban J connectivity index is 1.73. The smallest absolute Gasteiger partial charge is 0.263 e. The molecule has 0 spiro atoms. The van der Waals surface area contributed by atoms with Crippen molar-refractivity contribution >= 4 is 21.8 Å². The minimum absolute atomic E-state index is 0.119. The summed E-state index contributed by atoms with van der Waals surface area (Å²) in [5.74, 6) is 1.27. The van der Waals surface area contributed by atoms with Crippen LogP contribution in [0.1, 0.15) is 18.1 Å². The number of carbonyl (C=O) groups is 1. The number of amides is 1. The fourth-order valence-corrected chi connectivity index (χ4v) is 3.58. The van der Waals surface area contributed by atoms with Gasteiger partial charge in [0.05, 0.1) is 18.7 Å². The summed E-state index contributed by atoms with van der Waals surface area (Å²) < 4.78 is 30.1. The Morgan fingerprint density at radius 1 is 1.11 bits per heavy atom. The van der Waals surface area contributed by atoms with Gasteiger partial charge in [-0.05, 0) is 70.7 Å². The van der Waals surface area contributed by atoms with Crippen LogP contribution in [0.4, 0.5) is 4.39 Å². The van der Waals surface area contributed by atoms with Crippen LogP contribution in [0.25, 0.3) is 0 Å². The van der Waals surface area contributed by atoms with Gasteiger partial charge in [0.15, 0.2) is 17.6 Å². The van der Waals surface area contributed by atoms with Gasteiger partial charge in [-0.1, -0.05) is 0 Å². The van der Waals surface area contributed by atoms with Crippen molar-refractivity contribution in [3.63, 3.8) is 0 Å². The number of benzene rings is 2. The lowest BCUT2D eigenvalue weighted by Gasteiger charge is -2.31. The molecule has 1 amide bonds. The van der Waals surface area contributed by atoms with Crippen molar-refractivity contribution in [3.05, 3.63) is 51.7 Å². The fourth-order valence-electron chi connectivity index (χ4n) is 3.14. The van der Waals surface area contributed by atoms with Gasteiger partial charge in [-0.25, -0.2) is 4.39 Å². The Hall–Kier alpha value is -2.28. The highest BCUT2D eigenvalue weighted by Crippen LogP contribution is 2.33. The van der Waals surface area contributed by atoms with Crippen LogP contribution in [0, 0.1) is 5.82 Å². The zero-order valence-corrected chi connectivity index (χ0v) is 17.0. The van der Waals surface area contributed by atoms with Crippen LogP contribution in [0.15, 0.2) is 34.8 Å². The molecule has 1 aliphatic rings. The highest BCUT2D eigenvalue weighted by molar-refractivity contribution is 9.10. The van der Waals surface area contributed by atoms with Crippen molar-refractivity contribution < 1.29 is 23.4 Å². The van der Waals surface area contributed by atoms with Crippen molar-refractivity contribution in [2.45, 2.75) is 26.0 Å². The Morgan fingerprint density at radius 3 is 2.41 bits per heavy atom. The lowest BCUT2D eigenvalue weighted by Crippen LogP contribution is -2.43. The van der Waals surface area contributed by atoms with Crippen LogP contribution < -0.4 is 14.2 Å². The lowest BCUT2D eigenvalue weighted by atomic mass is 9.98. The van der Waals surface area contributed by atoms with Crippen LogP contribution in [0.5, 0.6) is 17.2 Å². The molecule has 2 aromatic carbocycles. The Bertz CT molecular complexity index is 858. The zero-order valence-electron chi connectivity index (χ0n) is 15.4. The number of fused-ring (bicyclic) bond motifs is 1. The molecule has 7 heteroatoms. The second-order valence-electron chi connectivity index (χ2n) is 6.32. The molecule has 0 fully saturated rings. The van der Waals surface area contributed by atoms with Crippen molar-refractivity contribution in [2.75, 3.05) is 20.8 Å². The molecule has 1 heterocycles. The summed E-state index contributed by atoms with van der Waals surface area (Å²) in [5, 5.41) is 0. The van der Waals surface area contributed by atoms with Crippen LogP contribution in [0.2, 0.25) is 0 Å². The van der Waals surface area contributed by atoms with Gasteiger partial charge in [0.25, 0.3) is 5.91 Å². The normalized spacial score (nSPS) is 14.3. The summed E-state index contributed by atoms with van der Waals surface area (Å²) in [4.78, 5) is 14.6. The highest BCUT2D eigenvalue weighted by atomic mass is 79.9. The molecule has 1 aliphatic heterocycles. The van der Waals surface area contributed by atoms with Gasteiger partial charge >= 0.3 is 0 Å². The topological polar surface area (TPSA) is 48.0 Å². The van der Waals surface area contributed by atoms with Crippen LogP contribution in [0.3, 0.4) is 0 Å². The molecule has 144 valence electrons. The summed E-state index contributed by atoms with van der Waals surface area (Å²) in [7, 11) is 3.20. The first-order valence-corrected chi connectivity index (χ1v) is 9.36. The molecule has 0 bridgehead atoms. The maximum absolute atomic E-state index is 13.2. The molecule has 0 saturated carbocycles. The summed E-state index contributed by atoms with van der Waals surface area (Å²) in [6.07, 6.45) is 0.0439. The first kappa shape index (κ1) is 19.5. The van der Waals surface area contributed by atoms with Crippen molar-refractivity contribution in [1.29, 1.82) is 0 Å². The molecule has 2 aromatic rings. The minimum atomic E-state index is -0.687. The molecule has 27 heavy (non-hydrogen) atoms. The maximum atomic E-state index is 13.2. The largest absolute Gasteiger partial charge is 0.493 e. The third-order valence-electron chi connectivity index (χ3n) is 4.58. The summed E-state index contributed by atoms with van der Waals surface area (Å²) in [6.45, 7) is 2.77. The standard InChI is InChI=1S/C20H21BrFNO4/c1-12(27-17-5-4-15(22)10-16(17)21)20(24)23-7-6-13-8-18(25-2)19(26-3)9-14(13)11-23/h4-5,8-10,12H,6-7,11H2,1-3H3. The van der Waals surface area contributed by atoms with E-state index >= 15 is 0 Å². The van der Waals surface area contributed by atoms with E-state index in [4.69, 9.17) is 14.2 Å². The van der Waals surface area contributed by atoms with Gasteiger partial charge in [0.1, 0.15) is 11.6 Å². The molecule has 0 aromatic heterocycles. The van der Waals surface area contributed by atoms with Gasteiger partial charge in [-0.15, -0.1) is 0 Å². The highest BCUT2D eigenvalue weighted by Gasteiger charge is 2.27. The van der Waals surface area contributed by atoms with Gasteiger partial charge in [-0.2, -0.15) is 0 Å². The van der Waals surface area contributed by atoms with Crippen molar-refractivity contribution in [2.24, 2.45) is 0 Å². The lowest BCUT2D eigenvalue weighted by molar-refractivity contribution is -0.138. The molecule has 1 atom stereocenters. The second-order valence-corrected chi connectivity index (χ2v) is 7.17. The van der Waals surface area contributed by atoms with Gasteiger partial charge < -0.3 is 19.1 Å². The summed E-state index contributed by atoms with van der Waals surface area (Å²) >= 11 is 3.26. The van der Waals surface area contributed by atoms with Gasteiger partial charge in [-0.3, -0.25) is 4.79 Å². The van der Waals surface area contributed by atoms with E-state index in [0.717, 1.165) is 17.5 Å². The number of methoxy groups -OCH3 is 2. The van der Waals surface area contributed by atoms with E-state index < -0.39 is 6.10 Å². The number of rotatable bonds is 5. The van der Waals surface area contributed by atoms with Crippen LogP contribution in [-0.2, 0) is 17.8 Å². The van der Waals surface area contributed by atoms with E-state index in [0.29, 0.717) is 34.8 Å². The van der Waals surface area contributed by atoms with Crippen LogP contribution in [-0.4, -0.2) is 37.7 Å². The molecular formula is C20H21BrFNO4. The van der Waals surface area contributed by atoms with Crippen molar-refractivity contribution in [1.82, 2.24) is 4.90 Å². The Kier molecular flexibility index (Phi) is 5.89. The SMILES string of the molecule is COc1cc2c(cc1OC)CN(C(=O)C(C)Oc1ccc(F)cc1Br)CC2. The quantitative estimate of drug-likeness (QED) is 0.710. The molecule has 0 radical (unpaired) electrons. The average Bonchev–Trinajstić information content (AvgIpc) is 2.67. The molecule has 0 saturated heterocycles. The molecule has 0 N–H and O–H groups in total. The first-order valence-electron chi connectivity index (χ1n) is 8.57. The number of nitrogens with zero attached hydrogens (tertiary/aromatic N) is 1. The van der Waals surface area contributed by atoms with Gasteiger partial charge in [0, 0.05) is 13.1 Å². The number of carbonyl (C=O) groups excluding carboxylic acids is 1. The Labute approximate surface area is 166 Å². The van der Waals surface area contributed by atoms with E-state index in [1.165, 1.54) is 18.2 Å². The summed E-state index contributed by atoms with van der Waals surface area (Å²) in [5.41, 5.74) is 2.17. The Morgan fingerprint density at radius 2 is 1.78 bits per heavy atom. The third-order valence-corrected chi connectivity index (χ3v) is 5.19. The molecular weight excluding hydrogens is 417 g/mol. The van der Waals surface area contributed by atoms with Crippen LogP contribution >= 0.6 is 15.9 Å². The number of hydrogen-bond acceptors (Lipinski definition) is 4. The number of hydrogen-bond donors (Lipinski definition) is 0. The fraction of sp³-hybridized carbons (Fsp3) is 0.350. The summed E-state index contributed by atoms with van der Waals surface area (Å²) in [6, 6.07) is 7.99. The van der Waals surface area contributed by atoms with E-state index in [2.05, 4.69) is 15.9 Å². The first-order chi connectivity index (χ1) is 12.9. The number of halogens is 2. The molecule has 0 aliphatic carbocycles. The monoisotopic (exact) mass is 437 g/mol.